The van der Waals surface area contributed by atoms with E-state index in [0.29, 0.717) is 19.6 Å². The van der Waals surface area contributed by atoms with E-state index in [2.05, 4.69) is 10.4 Å². The molecule has 1 aromatic heterocycles. The van der Waals surface area contributed by atoms with E-state index in [9.17, 15) is 9.18 Å². The average molecular weight is 380 g/mol. The van der Waals surface area contributed by atoms with Gasteiger partial charge >= 0.3 is 6.03 Å². The molecule has 2 aromatic carbocycles. The first kappa shape index (κ1) is 19.6. The molecular weight excluding hydrogens is 355 g/mol. The number of hydrogen-bond acceptors (Lipinski definition) is 2. The number of nitrogens with zero attached hydrogens (tertiary/aromatic N) is 3. The van der Waals surface area contributed by atoms with E-state index < -0.39 is 0 Å². The molecule has 0 aliphatic heterocycles. The van der Waals surface area contributed by atoms with Crippen LogP contribution < -0.4 is 5.32 Å². The van der Waals surface area contributed by atoms with Crippen LogP contribution >= 0.6 is 0 Å². The molecule has 146 valence electrons. The van der Waals surface area contributed by atoms with Crippen molar-refractivity contribution in [1.29, 1.82) is 0 Å². The van der Waals surface area contributed by atoms with Gasteiger partial charge in [0.05, 0.1) is 11.4 Å². The lowest BCUT2D eigenvalue weighted by Gasteiger charge is -2.21. The number of urea groups is 1. The number of halogens is 1. The van der Waals surface area contributed by atoms with Crippen molar-refractivity contribution in [3.05, 3.63) is 82.9 Å². The monoisotopic (exact) mass is 380 g/mol. The SMILES string of the molecule is CCN(Cc1cccc(F)c1)C(=O)NCc1c(C)nn(-c2ccccc2)c1C. The molecule has 3 aromatic rings. The van der Waals surface area contributed by atoms with Gasteiger partial charge in [-0.3, -0.25) is 0 Å². The van der Waals surface area contributed by atoms with Crippen LogP contribution in [-0.2, 0) is 13.1 Å². The molecule has 0 spiro atoms. The first-order chi connectivity index (χ1) is 13.5. The normalized spacial score (nSPS) is 10.7. The molecule has 5 nitrogen and oxygen atoms in total. The lowest BCUT2D eigenvalue weighted by molar-refractivity contribution is 0.197. The van der Waals surface area contributed by atoms with E-state index in [1.807, 2.05) is 61.9 Å². The summed E-state index contributed by atoms with van der Waals surface area (Å²) in [4.78, 5) is 14.3. The molecule has 0 fully saturated rings. The summed E-state index contributed by atoms with van der Waals surface area (Å²) in [5.74, 6) is -0.298. The Kier molecular flexibility index (Phi) is 6.09. The number of aromatic nitrogens is 2. The number of aryl methyl sites for hydroxylation is 1. The maximum Gasteiger partial charge on any atom is 0.317 e. The van der Waals surface area contributed by atoms with Gasteiger partial charge in [-0.1, -0.05) is 30.3 Å². The number of benzene rings is 2. The third-order valence-corrected chi connectivity index (χ3v) is 4.79. The first-order valence-electron chi connectivity index (χ1n) is 9.37. The van der Waals surface area contributed by atoms with Gasteiger partial charge in [-0.2, -0.15) is 5.10 Å². The minimum atomic E-state index is -0.298. The quantitative estimate of drug-likeness (QED) is 0.691. The molecule has 0 bridgehead atoms. The molecule has 0 aliphatic rings. The maximum atomic E-state index is 13.4. The van der Waals surface area contributed by atoms with Gasteiger partial charge in [0.1, 0.15) is 5.82 Å². The number of carbonyl (C=O) groups excluding carboxylic acids is 1. The lowest BCUT2D eigenvalue weighted by Crippen LogP contribution is -2.39. The zero-order chi connectivity index (χ0) is 20.1. The largest absolute Gasteiger partial charge is 0.334 e. The highest BCUT2D eigenvalue weighted by Crippen LogP contribution is 2.18. The standard InChI is InChI=1S/C22H25FN4O/c1-4-26(15-18-9-8-10-19(23)13-18)22(28)24-14-21-16(2)25-27(17(21)3)20-11-6-5-7-12-20/h5-13H,4,14-15H2,1-3H3,(H,24,28). The fourth-order valence-corrected chi connectivity index (χ4v) is 3.21. The molecule has 0 aliphatic carbocycles. The zero-order valence-corrected chi connectivity index (χ0v) is 16.4. The van der Waals surface area contributed by atoms with E-state index in [1.165, 1.54) is 12.1 Å². The van der Waals surface area contributed by atoms with Crippen LogP contribution in [-0.4, -0.2) is 27.3 Å². The number of nitrogens with one attached hydrogen (secondary N) is 1. The third-order valence-electron chi connectivity index (χ3n) is 4.79. The maximum absolute atomic E-state index is 13.4. The van der Waals surface area contributed by atoms with Crippen LogP contribution in [0.1, 0.15) is 29.4 Å². The topological polar surface area (TPSA) is 50.2 Å². The molecule has 1 heterocycles. The van der Waals surface area contributed by atoms with Crippen LogP contribution in [0.2, 0.25) is 0 Å². The summed E-state index contributed by atoms with van der Waals surface area (Å²) >= 11 is 0. The fraction of sp³-hybridized carbons (Fsp3) is 0.273. The van der Waals surface area contributed by atoms with Gasteiger partial charge in [0.25, 0.3) is 0 Å². The smallest absolute Gasteiger partial charge is 0.317 e. The summed E-state index contributed by atoms with van der Waals surface area (Å²) in [5.41, 5.74) is 4.63. The number of carbonyl (C=O) groups is 1. The summed E-state index contributed by atoms with van der Waals surface area (Å²) < 4.78 is 15.3. The van der Waals surface area contributed by atoms with Crippen molar-refractivity contribution in [3.8, 4) is 5.69 Å². The molecular formula is C22H25FN4O. The lowest BCUT2D eigenvalue weighted by atomic mass is 10.2. The Morgan fingerprint density at radius 2 is 1.89 bits per heavy atom. The van der Waals surface area contributed by atoms with Gasteiger partial charge in [0.15, 0.2) is 0 Å². The Morgan fingerprint density at radius 3 is 2.57 bits per heavy atom. The Hall–Kier alpha value is -3.15. The van der Waals surface area contributed by atoms with Crippen LogP contribution in [0.5, 0.6) is 0 Å². The van der Waals surface area contributed by atoms with Crippen molar-refractivity contribution in [2.24, 2.45) is 0 Å². The highest BCUT2D eigenvalue weighted by atomic mass is 19.1. The summed E-state index contributed by atoms with van der Waals surface area (Å²) in [6.07, 6.45) is 0. The van der Waals surface area contributed by atoms with Gasteiger partial charge in [-0.25, -0.2) is 13.9 Å². The molecule has 6 heteroatoms. The minimum Gasteiger partial charge on any atom is -0.334 e. The molecule has 2 amide bonds. The van der Waals surface area contributed by atoms with E-state index in [4.69, 9.17) is 0 Å². The second kappa shape index (κ2) is 8.69. The number of rotatable bonds is 6. The molecule has 3 rings (SSSR count). The molecule has 0 radical (unpaired) electrons. The van der Waals surface area contributed by atoms with Gasteiger partial charge in [-0.15, -0.1) is 0 Å². The van der Waals surface area contributed by atoms with Crippen LogP contribution in [0, 0.1) is 19.7 Å². The van der Waals surface area contributed by atoms with Gasteiger partial charge in [0, 0.05) is 30.9 Å². The highest BCUT2D eigenvalue weighted by molar-refractivity contribution is 5.74. The van der Waals surface area contributed by atoms with Crippen molar-refractivity contribution < 1.29 is 9.18 Å². The van der Waals surface area contributed by atoms with E-state index in [0.717, 1.165) is 28.2 Å². The number of para-hydroxylation sites is 1. The van der Waals surface area contributed by atoms with Crippen molar-refractivity contribution in [2.45, 2.75) is 33.9 Å². The van der Waals surface area contributed by atoms with E-state index in [-0.39, 0.29) is 11.8 Å². The van der Waals surface area contributed by atoms with E-state index in [1.54, 1.807) is 11.0 Å². The molecule has 0 unspecified atom stereocenters. The fourth-order valence-electron chi connectivity index (χ4n) is 3.21. The average Bonchev–Trinajstić information content (AvgIpc) is 2.98. The van der Waals surface area contributed by atoms with Gasteiger partial charge < -0.3 is 10.2 Å². The molecule has 28 heavy (non-hydrogen) atoms. The molecule has 0 saturated carbocycles. The van der Waals surface area contributed by atoms with Crippen molar-refractivity contribution in [2.75, 3.05) is 6.54 Å². The Bertz CT molecular complexity index is 952. The van der Waals surface area contributed by atoms with E-state index >= 15 is 0 Å². The zero-order valence-electron chi connectivity index (χ0n) is 16.4. The molecule has 1 N–H and O–H groups in total. The van der Waals surface area contributed by atoms with Crippen LogP contribution in [0.15, 0.2) is 54.6 Å². The first-order valence-corrected chi connectivity index (χ1v) is 9.37. The number of amides is 2. The van der Waals surface area contributed by atoms with Crippen LogP contribution in [0.3, 0.4) is 0 Å². The Labute approximate surface area is 164 Å². The Balaban J connectivity index is 1.69. The van der Waals surface area contributed by atoms with Crippen molar-refractivity contribution in [1.82, 2.24) is 20.0 Å². The Morgan fingerprint density at radius 1 is 1.14 bits per heavy atom. The second-order valence-corrected chi connectivity index (χ2v) is 6.70. The second-order valence-electron chi connectivity index (χ2n) is 6.70. The van der Waals surface area contributed by atoms with Crippen LogP contribution in [0.25, 0.3) is 5.69 Å². The minimum absolute atomic E-state index is 0.182. The van der Waals surface area contributed by atoms with Gasteiger partial charge in [-0.05, 0) is 50.6 Å². The predicted octanol–water partition coefficient (Wildman–Crippen LogP) is 4.36. The van der Waals surface area contributed by atoms with Crippen molar-refractivity contribution >= 4 is 6.03 Å². The van der Waals surface area contributed by atoms with Crippen molar-refractivity contribution in [3.63, 3.8) is 0 Å². The van der Waals surface area contributed by atoms with Gasteiger partial charge in [0.2, 0.25) is 0 Å². The summed E-state index contributed by atoms with van der Waals surface area (Å²) in [6, 6.07) is 16.0. The third kappa shape index (κ3) is 4.39. The molecule has 0 saturated heterocycles. The summed E-state index contributed by atoms with van der Waals surface area (Å²) in [7, 11) is 0. The summed E-state index contributed by atoms with van der Waals surface area (Å²) in [5, 5.41) is 7.58. The molecule has 0 atom stereocenters. The highest BCUT2D eigenvalue weighted by Gasteiger charge is 2.16. The number of hydrogen-bond donors (Lipinski definition) is 1. The predicted molar refractivity (Wildman–Crippen MR) is 108 cm³/mol. The van der Waals surface area contributed by atoms with Crippen LogP contribution in [0.4, 0.5) is 9.18 Å². The summed E-state index contributed by atoms with van der Waals surface area (Å²) in [6.45, 7) is 7.13.